The van der Waals surface area contributed by atoms with Gasteiger partial charge in [0.25, 0.3) is 0 Å². The Kier molecular flexibility index (Phi) is 5.33. The van der Waals surface area contributed by atoms with Crippen molar-refractivity contribution in [1.82, 2.24) is 29.9 Å². The molecule has 3 atom stereocenters. The van der Waals surface area contributed by atoms with Gasteiger partial charge in [0.2, 0.25) is 11.8 Å². The normalized spacial score (nSPS) is 23.8. The summed E-state index contributed by atoms with van der Waals surface area (Å²) in [6.07, 6.45) is -1.13. The number of carbonyl (C=O) groups excluding carboxylic acids is 1. The smallest absolute Gasteiger partial charge is 0.417 e. The van der Waals surface area contributed by atoms with Crippen LogP contribution in [0.3, 0.4) is 0 Å². The predicted molar refractivity (Wildman–Crippen MR) is 114 cm³/mol. The lowest BCUT2D eigenvalue weighted by atomic mass is 9.64. The van der Waals surface area contributed by atoms with Crippen molar-refractivity contribution >= 4 is 11.7 Å². The summed E-state index contributed by atoms with van der Waals surface area (Å²) in [6, 6.07) is 0.480. The van der Waals surface area contributed by atoms with Gasteiger partial charge in [-0.2, -0.15) is 18.3 Å². The Labute approximate surface area is 197 Å². The second kappa shape index (κ2) is 8.02. The second-order valence-electron chi connectivity index (χ2n) is 9.21. The summed E-state index contributed by atoms with van der Waals surface area (Å²) in [6.45, 7) is 3.93. The molecule has 2 aliphatic rings. The lowest BCUT2D eigenvalue weighted by Crippen LogP contribution is -2.70. The van der Waals surface area contributed by atoms with Crippen molar-refractivity contribution in [1.29, 1.82) is 0 Å². The van der Waals surface area contributed by atoms with E-state index in [4.69, 9.17) is 4.42 Å². The van der Waals surface area contributed by atoms with Gasteiger partial charge in [0.05, 0.1) is 11.3 Å². The number of amides is 2. The number of nitrogens with zero attached hydrogens (tertiary/aromatic N) is 6. The van der Waals surface area contributed by atoms with Crippen molar-refractivity contribution in [3.8, 4) is 11.4 Å². The number of benzene rings is 1. The third-order valence-corrected chi connectivity index (χ3v) is 6.64. The van der Waals surface area contributed by atoms with Crippen LogP contribution < -0.4 is 5.32 Å². The molecule has 2 bridgehead atoms. The van der Waals surface area contributed by atoms with Gasteiger partial charge in [0, 0.05) is 31.5 Å². The second-order valence-corrected chi connectivity index (χ2v) is 9.21. The van der Waals surface area contributed by atoms with E-state index in [-0.39, 0.29) is 11.9 Å². The first-order valence-corrected chi connectivity index (χ1v) is 11.2. The molecule has 1 saturated heterocycles. The average molecular weight is 493 g/mol. The molecule has 1 aromatic carbocycles. The third kappa shape index (κ3) is 3.82. The molecule has 1 aliphatic carbocycles. The highest BCUT2D eigenvalue weighted by Crippen LogP contribution is 2.55. The number of fused-ring (bicyclic) bond motifs is 2. The van der Waals surface area contributed by atoms with Crippen molar-refractivity contribution < 1.29 is 26.8 Å². The van der Waals surface area contributed by atoms with Gasteiger partial charge in [-0.05, 0) is 30.9 Å². The van der Waals surface area contributed by atoms with Crippen molar-refractivity contribution in [3.05, 3.63) is 41.6 Å². The maximum absolute atomic E-state index is 14.8. The Morgan fingerprint density at radius 1 is 1.29 bits per heavy atom. The molecule has 1 saturated carbocycles. The molecule has 3 heterocycles. The van der Waals surface area contributed by atoms with Crippen LogP contribution >= 0.6 is 0 Å². The van der Waals surface area contributed by atoms with E-state index >= 15 is 0 Å². The molecule has 3 aromatic rings. The number of rotatable bonds is 4. The molecule has 0 radical (unpaired) electrons. The van der Waals surface area contributed by atoms with Gasteiger partial charge in [-0.15, -0.1) is 10.2 Å². The SMILES string of the molecule is CCc1nnc([C@@]23C[C@@H](C)C[C@@H](C2)N3C(=O)Nc2cc(-c3ncn(C)n3)c(C(F)(F)F)cc2F)o1. The van der Waals surface area contributed by atoms with Crippen LogP contribution in [0.1, 0.15) is 50.5 Å². The maximum atomic E-state index is 14.8. The molecule has 2 amide bonds. The van der Waals surface area contributed by atoms with Crippen LogP contribution in [-0.4, -0.2) is 41.9 Å². The number of alkyl halides is 3. The molecule has 13 heteroatoms. The van der Waals surface area contributed by atoms with Crippen LogP contribution in [0.2, 0.25) is 0 Å². The number of anilines is 1. The molecule has 5 rings (SSSR count). The number of hydrogen-bond acceptors (Lipinski definition) is 6. The van der Waals surface area contributed by atoms with E-state index in [0.29, 0.717) is 43.0 Å². The predicted octanol–water partition coefficient (Wildman–Crippen LogP) is 4.52. The summed E-state index contributed by atoms with van der Waals surface area (Å²) >= 11 is 0. The minimum atomic E-state index is -4.85. The number of nitrogens with one attached hydrogen (secondary N) is 1. The quantitative estimate of drug-likeness (QED) is 0.537. The van der Waals surface area contributed by atoms with E-state index in [1.165, 1.54) is 18.1 Å². The Hall–Kier alpha value is -3.51. The first kappa shape index (κ1) is 23.2. The van der Waals surface area contributed by atoms with Crippen molar-refractivity contribution in [2.24, 2.45) is 13.0 Å². The summed E-state index contributed by atoms with van der Waals surface area (Å²) < 4.78 is 62.7. The first-order valence-electron chi connectivity index (χ1n) is 11.2. The summed E-state index contributed by atoms with van der Waals surface area (Å²) in [4.78, 5) is 18.8. The number of likely N-dealkylation sites (tertiary alicyclic amines) is 1. The number of aromatic nitrogens is 5. The molecule has 1 aliphatic heterocycles. The summed E-state index contributed by atoms with van der Waals surface area (Å²) in [5.74, 6) is -0.403. The van der Waals surface area contributed by atoms with Crippen LogP contribution in [0.25, 0.3) is 11.4 Å². The molecule has 2 aromatic heterocycles. The van der Waals surface area contributed by atoms with Gasteiger partial charge in [-0.3, -0.25) is 4.68 Å². The minimum absolute atomic E-state index is 0.134. The number of hydrogen-bond donors (Lipinski definition) is 1. The number of halogens is 4. The van der Waals surface area contributed by atoms with Gasteiger partial charge in [0.1, 0.15) is 17.7 Å². The summed E-state index contributed by atoms with van der Waals surface area (Å²) in [5, 5.41) is 14.5. The largest absolute Gasteiger partial charge is 0.423 e. The average Bonchev–Trinajstić information content (AvgIpc) is 3.42. The Morgan fingerprint density at radius 2 is 2.06 bits per heavy atom. The lowest BCUT2D eigenvalue weighted by molar-refractivity contribution is -0.137. The minimum Gasteiger partial charge on any atom is -0.423 e. The molecule has 1 N–H and O–H groups in total. The zero-order valence-corrected chi connectivity index (χ0v) is 19.2. The zero-order chi connectivity index (χ0) is 25.1. The molecular weight excluding hydrogens is 470 g/mol. The Morgan fingerprint density at radius 3 is 2.69 bits per heavy atom. The van der Waals surface area contributed by atoms with Gasteiger partial charge in [-0.25, -0.2) is 14.2 Å². The number of urea groups is 1. The molecule has 2 fully saturated rings. The fourth-order valence-electron chi connectivity index (χ4n) is 5.26. The van der Waals surface area contributed by atoms with Crippen LogP contribution in [0.4, 0.5) is 28.0 Å². The standard InChI is InChI=1S/C22H23F4N7O2/c1-4-17-29-30-19(35-17)21-8-11(2)5-12(9-21)33(21)20(34)28-16-6-13(18-27-10-32(3)31-18)14(7-15(16)23)22(24,25)26/h6-7,10-12H,4-5,8-9H2,1-3H3,(H,28,34)/t11-,12-,21+/m0/s1. The number of piperidine rings is 1. The molecule has 0 spiro atoms. The van der Waals surface area contributed by atoms with Crippen molar-refractivity contribution in [3.63, 3.8) is 0 Å². The Balaban J connectivity index is 1.49. The topological polar surface area (TPSA) is 102 Å². The number of carbonyl (C=O) groups is 1. The van der Waals surface area contributed by atoms with Crippen molar-refractivity contribution in [2.75, 3.05) is 5.32 Å². The number of aryl methyl sites for hydroxylation is 2. The van der Waals surface area contributed by atoms with Gasteiger partial charge in [0.15, 0.2) is 5.82 Å². The molecule has 0 unspecified atom stereocenters. The maximum Gasteiger partial charge on any atom is 0.417 e. The fraction of sp³-hybridized carbons (Fsp3) is 0.500. The lowest BCUT2D eigenvalue weighted by Gasteiger charge is -2.61. The molecule has 186 valence electrons. The molecule has 35 heavy (non-hydrogen) atoms. The zero-order valence-electron chi connectivity index (χ0n) is 19.2. The van der Waals surface area contributed by atoms with E-state index < -0.39 is 40.4 Å². The van der Waals surface area contributed by atoms with Crippen molar-refractivity contribution in [2.45, 2.75) is 57.3 Å². The van der Waals surface area contributed by atoms with Gasteiger partial charge < -0.3 is 14.6 Å². The van der Waals surface area contributed by atoms with Gasteiger partial charge in [-0.1, -0.05) is 13.8 Å². The van der Waals surface area contributed by atoms with E-state index in [1.807, 2.05) is 6.92 Å². The van der Waals surface area contributed by atoms with Crippen LogP contribution in [0.15, 0.2) is 22.9 Å². The monoisotopic (exact) mass is 493 g/mol. The third-order valence-electron chi connectivity index (χ3n) is 6.64. The van der Waals surface area contributed by atoms with E-state index in [9.17, 15) is 22.4 Å². The first-order chi connectivity index (χ1) is 16.5. The molecular formula is C22H23F4N7O2. The summed E-state index contributed by atoms with van der Waals surface area (Å²) in [7, 11) is 1.50. The van der Waals surface area contributed by atoms with Gasteiger partial charge >= 0.3 is 12.2 Å². The highest BCUT2D eigenvalue weighted by Gasteiger charge is 2.62. The van der Waals surface area contributed by atoms with Crippen LogP contribution in [0, 0.1) is 11.7 Å². The van der Waals surface area contributed by atoms with Crippen LogP contribution in [0.5, 0.6) is 0 Å². The van der Waals surface area contributed by atoms with Crippen LogP contribution in [-0.2, 0) is 25.2 Å². The highest BCUT2D eigenvalue weighted by atomic mass is 19.4. The molecule has 9 nitrogen and oxygen atoms in total. The van der Waals surface area contributed by atoms with E-state index in [0.717, 1.165) is 12.5 Å². The van der Waals surface area contributed by atoms with E-state index in [2.05, 4.69) is 32.5 Å². The fourth-order valence-corrected chi connectivity index (χ4v) is 5.26. The van der Waals surface area contributed by atoms with E-state index in [1.54, 1.807) is 4.90 Å². The Bertz CT molecular complexity index is 1290. The summed E-state index contributed by atoms with van der Waals surface area (Å²) in [5.41, 5.74) is -2.91. The highest BCUT2D eigenvalue weighted by molar-refractivity contribution is 5.92.